The van der Waals surface area contributed by atoms with Crippen molar-refractivity contribution >= 4 is 28.2 Å². The topological polar surface area (TPSA) is 57.9 Å². The van der Waals surface area contributed by atoms with Gasteiger partial charge < -0.3 is 18.9 Å². The second-order valence-electron chi connectivity index (χ2n) is 12.6. The minimum Gasteiger partial charge on any atom is -0.493 e. The molecule has 8 rings (SSSR count). The molecule has 0 saturated carbocycles. The van der Waals surface area contributed by atoms with E-state index in [1.165, 1.54) is 46.2 Å². The van der Waals surface area contributed by atoms with E-state index >= 15 is 0 Å². The second kappa shape index (κ2) is 14.4. The first-order valence-electron chi connectivity index (χ1n) is 17.2. The molecule has 5 aromatic rings. The Bertz CT molecular complexity index is 2080. The summed E-state index contributed by atoms with van der Waals surface area (Å²) >= 11 is 0. The molecule has 0 saturated heterocycles. The standard InChI is InChI=1S/C25H28NO4.C18H14O/c1-4-5-6-7-18-17-8-9-21(27-2)25(28-3)20(17)14-26-11-10-16-12-22-23(30-15-29-22)13-19(16)24(18)26;19-18(13-10-14-6-2-1-3-7-14)17-12-11-15-8-4-5-9-16(15)17/h8-9,12-14H,4-7,10-11,15H2,1-3H3;1-10,12-13H,11H2/q+1;/b;13-10+. The largest absolute Gasteiger partial charge is 0.493 e. The number of carbonyl (C=O) groups excluding carboxylic acids is 1. The van der Waals surface area contributed by atoms with E-state index in [2.05, 4.69) is 42.0 Å². The molecule has 0 N–H and O–H groups in total. The number of allylic oxidation sites excluding steroid dienone is 3. The van der Waals surface area contributed by atoms with Gasteiger partial charge in [0.05, 0.1) is 25.2 Å². The van der Waals surface area contributed by atoms with Crippen LogP contribution in [0, 0.1) is 0 Å². The van der Waals surface area contributed by atoms with E-state index < -0.39 is 0 Å². The number of unbranched alkanes of at least 4 members (excludes halogenated alkanes) is 2. The third kappa shape index (κ3) is 6.43. The number of aromatic nitrogens is 1. The zero-order valence-electron chi connectivity index (χ0n) is 28.5. The van der Waals surface area contributed by atoms with Crippen LogP contribution >= 0.6 is 0 Å². The third-order valence-corrected chi connectivity index (χ3v) is 9.60. The van der Waals surface area contributed by atoms with Gasteiger partial charge in [0, 0.05) is 22.9 Å². The SMILES string of the molecule is CCCCCc1c2[n+](cc3c(OC)c(OC)ccc13)CCc1cc3c(cc1-2)OCO3.O=C(/C=C/c1ccccc1)C1=CCc2ccccc21. The summed E-state index contributed by atoms with van der Waals surface area (Å²) in [5.74, 6) is 3.35. The Morgan fingerprint density at radius 2 is 1.65 bits per heavy atom. The molecule has 0 unspecified atom stereocenters. The lowest BCUT2D eigenvalue weighted by Crippen LogP contribution is -2.41. The summed E-state index contributed by atoms with van der Waals surface area (Å²) in [7, 11) is 3.41. The maximum Gasteiger partial charge on any atom is 0.231 e. The molecule has 0 atom stereocenters. The second-order valence-corrected chi connectivity index (χ2v) is 12.6. The highest BCUT2D eigenvalue weighted by molar-refractivity contribution is 6.28. The summed E-state index contributed by atoms with van der Waals surface area (Å²) in [6.45, 7) is 3.48. The van der Waals surface area contributed by atoms with Crippen molar-refractivity contribution < 1.29 is 28.3 Å². The molecule has 0 amide bonds. The molecule has 248 valence electrons. The van der Waals surface area contributed by atoms with Crippen molar-refractivity contribution in [2.24, 2.45) is 0 Å². The van der Waals surface area contributed by atoms with Crippen LogP contribution in [0.25, 0.3) is 33.7 Å². The summed E-state index contributed by atoms with van der Waals surface area (Å²) in [6, 6.07) is 26.5. The molecule has 0 fully saturated rings. The summed E-state index contributed by atoms with van der Waals surface area (Å²) in [5, 5.41) is 2.34. The lowest BCUT2D eigenvalue weighted by atomic mass is 9.89. The predicted molar refractivity (Wildman–Crippen MR) is 194 cm³/mol. The van der Waals surface area contributed by atoms with Gasteiger partial charge in [0.15, 0.2) is 41.5 Å². The average molecular weight is 653 g/mol. The Morgan fingerprint density at radius 3 is 2.45 bits per heavy atom. The van der Waals surface area contributed by atoms with Crippen molar-refractivity contribution in [2.75, 3.05) is 21.0 Å². The number of hydrogen-bond acceptors (Lipinski definition) is 5. The van der Waals surface area contributed by atoms with E-state index in [1.54, 1.807) is 20.3 Å². The van der Waals surface area contributed by atoms with Crippen molar-refractivity contribution in [2.45, 2.75) is 52.0 Å². The number of pyridine rings is 1. The van der Waals surface area contributed by atoms with Crippen molar-refractivity contribution in [3.8, 4) is 34.3 Å². The van der Waals surface area contributed by atoms with Crippen LogP contribution in [0.15, 0.2) is 97.2 Å². The molecular weight excluding hydrogens is 610 g/mol. The average Bonchev–Trinajstić information content (AvgIpc) is 3.80. The van der Waals surface area contributed by atoms with Gasteiger partial charge in [-0.05, 0) is 71.9 Å². The van der Waals surface area contributed by atoms with Crippen molar-refractivity contribution in [1.82, 2.24) is 0 Å². The molecule has 3 heterocycles. The molecule has 1 aliphatic carbocycles. The van der Waals surface area contributed by atoms with E-state index in [0.717, 1.165) is 77.3 Å². The van der Waals surface area contributed by atoms with Gasteiger partial charge in [0.2, 0.25) is 12.5 Å². The normalized spacial score (nSPS) is 13.7. The van der Waals surface area contributed by atoms with Gasteiger partial charge in [-0.1, -0.05) is 86.5 Å². The van der Waals surface area contributed by atoms with Gasteiger partial charge in [-0.15, -0.1) is 0 Å². The number of benzene rings is 4. The monoisotopic (exact) mass is 652 g/mol. The molecule has 0 radical (unpaired) electrons. The Kier molecular flexibility index (Phi) is 9.47. The van der Waals surface area contributed by atoms with Crippen LogP contribution < -0.4 is 23.5 Å². The van der Waals surface area contributed by atoms with Gasteiger partial charge in [-0.25, -0.2) is 0 Å². The number of carbonyl (C=O) groups is 1. The van der Waals surface area contributed by atoms with Gasteiger partial charge in [0.1, 0.15) is 0 Å². The van der Waals surface area contributed by atoms with Gasteiger partial charge >= 0.3 is 0 Å². The van der Waals surface area contributed by atoms with Gasteiger partial charge in [0.25, 0.3) is 0 Å². The lowest BCUT2D eigenvalue weighted by Gasteiger charge is -2.21. The van der Waals surface area contributed by atoms with Gasteiger partial charge in [-0.2, -0.15) is 4.57 Å². The smallest absolute Gasteiger partial charge is 0.231 e. The number of hydrogen-bond donors (Lipinski definition) is 0. The zero-order chi connectivity index (χ0) is 33.7. The summed E-state index contributed by atoms with van der Waals surface area (Å²) in [4.78, 5) is 12.2. The maximum atomic E-state index is 12.2. The molecule has 0 bridgehead atoms. The van der Waals surface area contributed by atoms with Crippen LogP contribution in [-0.2, 0) is 30.6 Å². The Morgan fingerprint density at radius 1 is 0.857 bits per heavy atom. The van der Waals surface area contributed by atoms with Crippen LogP contribution in [0.3, 0.4) is 0 Å². The van der Waals surface area contributed by atoms with Crippen LogP contribution in [0.4, 0.5) is 0 Å². The number of nitrogens with zero attached hydrogens (tertiary/aromatic N) is 1. The Labute approximate surface area is 288 Å². The summed E-state index contributed by atoms with van der Waals surface area (Å²) in [5.41, 5.74) is 9.44. The number of rotatable bonds is 9. The fourth-order valence-electron chi connectivity index (χ4n) is 7.16. The fraction of sp³-hybridized carbons (Fsp3) is 0.256. The molecule has 6 heteroatoms. The highest BCUT2D eigenvalue weighted by Crippen LogP contribution is 2.44. The summed E-state index contributed by atoms with van der Waals surface area (Å²) < 4.78 is 25.1. The molecular formula is C43H42NO5+. The molecule has 0 spiro atoms. The maximum absolute atomic E-state index is 12.2. The number of ether oxygens (including phenoxy) is 4. The van der Waals surface area contributed by atoms with E-state index in [-0.39, 0.29) is 5.78 Å². The fourth-order valence-corrected chi connectivity index (χ4v) is 7.16. The Hall–Kier alpha value is -5.36. The minimum absolute atomic E-state index is 0.0776. The quantitative estimate of drug-likeness (QED) is 0.0906. The van der Waals surface area contributed by atoms with Crippen molar-refractivity contribution in [3.63, 3.8) is 0 Å². The van der Waals surface area contributed by atoms with Crippen LogP contribution in [-0.4, -0.2) is 26.8 Å². The van der Waals surface area contributed by atoms with Crippen molar-refractivity contribution in [1.29, 1.82) is 0 Å². The minimum atomic E-state index is 0.0776. The van der Waals surface area contributed by atoms with Gasteiger partial charge in [-0.3, -0.25) is 4.79 Å². The van der Waals surface area contributed by atoms with Crippen LogP contribution in [0.2, 0.25) is 0 Å². The molecule has 1 aromatic heterocycles. The first-order chi connectivity index (χ1) is 24.1. The molecule has 2 aliphatic heterocycles. The van der Waals surface area contributed by atoms with E-state index in [1.807, 2.05) is 66.7 Å². The van der Waals surface area contributed by atoms with Crippen LogP contribution in [0.1, 0.15) is 54.0 Å². The molecule has 4 aromatic carbocycles. The predicted octanol–water partition coefficient (Wildman–Crippen LogP) is 8.74. The zero-order valence-corrected chi connectivity index (χ0v) is 28.5. The molecule has 3 aliphatic rings. The molecule has 6 nitrogen and oxygen atoms in total. The number of methoxy groups -OCH3 is 2. The Balaban J connectivity index is 0.000000171. The number of ketones is 1. The van der Waals surface area contributed by atoms with E-state index in [4.69, 9.17) is 18.9 Å². The highest BCUT2D eigenvalue weighted by atomic mass is 16.7. The van der Waals surface area contributed by atoms with Crippen LogP contribution in [0.5, 0.6) is 23.0 Å². The number of aryl methyl sites for hydroxylation is 3. The first-order valence-corrected chi connectivity index (χ1v) is 17.2. The van der Waals surface area contributed by atoms with E-state index in [0.29, 0.717) is 6.79 Å². The number of fused-ring (bicyclic) bond motifs is 6. The highest BCUT2D eigenvalue weighted by Gasteiger charge is 2.32. The third-order valence-electron chi connectivity index (χ3n) is 9.60. The lowest BCUT2D eigenvalue weighted by molar-refractivity contribution is -0.686. The van der Waals surface area contributed by atoms with E-state index in [9.17, 15) is 4.79 Å². The van der Waals surface area contributed by atoms with Crippen molar-refractivity contribution in [3.05, 3.63) is 125 Å². The summed E-state index contributed by atoms with van der Waals surface area (Å²) in [6.07, 6.45) is 14.2. The first kappa shape index (κ1) is 32.2. The molecule has 49 heavy (non-hydrogen) atoms.